The predicted octanol–water partition coefficient (Wildman–Crippen LogP) is 4.09. The zero-order chi connectivity index (χ0) is 12.6. The minimum absolute atomic E-state index is 0.212. The molecule has 1 aliphatic heterocycles. The van der Waals surface area contributed by atoms with Gasteiger partial charge in [0.1, 0.15) is 0 Å². The molecule has 0 radical (unpaired) electrons. The molecule has 1 amide bonds. The van der Waals surface area contributed by atoms with Crippen molar-refractivity contribution in [3.63, 3.8) is 0 Å². The van der Waals surface area contributed by atoms with Gasteiger partial charge in [-0.25, -0.2) is 0 Å². The predicted molar refractivity (Wildman–Crippen MR) is 73.9 cm³/mol. The van der Waals surface area contributed by atoms with Crippen molar-refractivity contribution in [2.75, 3.05) is 6.54 Å². The molecule has 0 spiro atoms. The summed E-state index contributed by atoms with van der Waals surface area (Å²) in [5.41, 5.74) is 0. The highest BCUT2D eigenvalue weighted by Gasteiger charge is 2.37. The number of hydrogen-bond donors (Lipinski definition) is 0. The van der Waals surface area contributed by atoms with Gasteiger partial charge in [0, 0.05) is 6.54 Å². The summed E-state index contributed by atoms with van der Waals surface area (Å²) in [5.74, 6) is 0. The van der Waals surface area contributed by atoms with Gasteiger partial charge in [-0.1, -0.05) is 63.8 Å². The van der Waals surface area contributed by atoms with E-state index in [1.807, 2.05) is 51.7 Å². The highest BCUT2D eigenvalue weighted by molar-refractivity contribution is 8.14. The van der Waals surface area contributed by atoms with Gasteiger partial charge in [-0.3, -0.25) is 4.79 Å². The Kier molecular flexibility index (Phi) is 8.08. The molecular formula is C13H23NOS. The molecule has 16 heavy (non-hydrogen) atoms. The largest absolute Gasteiger partial charge is 0.326 e. The van der Waals surface area contributed by atoms with Gasteiger partial charge in [-0.2, -0.15) is 0 Å². The van der Waals surface area contributed by atoms with E-state index in [4.69, 9.17) is 0 Å². The van der Waals surface area contributed by atoms with Crippen LogP contribution in [0.15, 0.2) is 24.3 Å². The van der Waals surface area contributed by atoms with Crippen LogP contribution in [0.4, 0.5) is 4.79 Å². The highest BCUT2D eigenvalue weighted by Crippen LogP contribution is 2.34. The van der Waals surface area contributed by atoms with Gasteiger partial charge in [0.25, 0.3) is 5.24 Å². The minimum Gasteiger partial charge on any atom is -0.326 e. The molecular weight excluding hydrogens is 218 g/mol. The van der Waals surface area contributed by atoms with Gasteiger partial charge in [0.05, 0.1) is 11.3 Å². The van der Waals surface area contributed by atoms with Crippen LogP contribution in [-0.2, 0) is 0 Å². The number of carbonyl (C=O) groups is 1. The van der Waals surface area contributed by atoms with Crippen LogP contribution in [-0.4, -0.2) is 28.0 Å². The lowest BCUT2D eigenvalue weighted by Crippen LogP contribution is -2.34. The smallest absolute Gasteiger partial charge is 0.282 e. The number of amides is 1. The number of fused-ring (bicyclic) bond motifs is 1. The van der Waals surface area contributed by atoms with Gasteiger partial charge in [-0.15, -0.1) is 0 Å². The molecule has 2 atom stereocenters. The normalized spacial score (nSPS) is 25.3. The van der Waals surface area contributed by atoms with Crippen LogP contribution in [0.2, 0.25) is 0 Å². The molecule has 1 saturated heterocycles. The molecule has 0 bridgehead atoms. The summed E-state index contributed by atoms with van der Waals surface area (Å²) in [4.78, 5) is 13.3. The van der Waals surface area contributed by atoms with E-state index in [1.165, 1.54) is 11.8 Å². The fourth-order valence-corrected chi connectivity index (χ4v) is 2.78. The van der Waals surface area contributed by atoms with Crippen LogP contribution in [0, 0.1) is 0 Å². The first-order valence-electron chi connectivity index (χ1n) is 6.15. The van der Waals surface area contributed by atoms with Crippen LogP contribution in [0.1, 0.15) is 34.6 Å². The summed E-state index contributed by atoms with van der Waals surface area (Å²) in [7, 11) is 0. The first-order valence-corrected chi connectivity index (χ1v) is 7.03. The van der Waals surface area contributed by atoms with E-state index >= 15 is 0 Å². The molecule has 1 heterocycles. The van der Waals surface area contributed by atoms with E-state index in [2.05, 4.69) is 12.2 Å². The van der Waals surface area contributed by atoms with Gasteiger partial charge in [0.15, 0.2) is 0 Å². The summed E-state index contributed by atoms with van der Waals surface area (Å²) < 4.78 is 0. The maximum absolute atomic E-state index is 11.4. The summed E-state index contributed by atoms with van der Waals surface area (Å²) in [5, 5.41) is 0.561. The Morgan fingerprint density at radius 1 is 1.19 bits per heavy atom. The van der Waals surface area contributed by atoms with Crippen molar-refractivity contribution in [3.8, 4) is 0 Å². The molecule has 0 aromatic rings. The average molecular weight is 241 g/mol. The Morgan fingerprint density at radius 2 is 1.75 bits per heavy atom. The van der Waals surface area contributed by atoms with Crippen molar-refractivity contribution in [1.29, 1.82) is 0 Å². The Morgan fingerprint density at radius 3 is 2.31 bits per heavy atom. The number of nitrogens with zero attached hydrogens (tertiary/aromatic N) is 1. The monoisotopic (exact) mass is 241 g/mol. The second-order valence-corrected chi connectivity index (χ2v) is 4.02. The van der Waals surface area contributed by atoms with E-state index in [0.29, 0.717) is 11.3 Å². The van der Waals surface area contributed by atoms with Crippen molar-refractivity contribution in [2.45, 2.75) is 45.9 Å². The first-order chi connectivity index (χ1) is 7.83. The standard InChI is InChI=1S/C9H11NOS.2C2H6/c1-2-10-7-5-3-4-6-8(7)12-9(10)11;2*1-2/h3-8H,2H2,1H3;2*1-2H3. The lowest BCUT2D eigenvalue weighted by atomic mass is 10.1. The summed E-state index contributed by atoms with van der Waals surface area (Å²) in [6.45, 7) is 10.8. The third-order valence-corrected chi connectivity index (χ3v) is 3.37. The molecule has 2 aliphatic rings. The Balaban J connectivity index is 0.000000509. The fourth-order valence-electron chi connectivity index (χ4n) is 1.61. The Bertz CT molecular complexity index is 261. The van der Waals surface area contributed by atoms with Crippen LogP contribution >= 0.6 is 11.8 Å². The second-order valence-electron chi connectivity index (χ2n) is 2.89. The molecule has 92 valence electrons. The van der Waals surface area contributed by atoms with Gasteiger partial charge in [-0.05, 0) is 6.92 Å². The highest BCUT2D eigenvalue weighted by atomic mass is 32.2. The summed E-state index contributed by atoms with van der Waals surface area (Å²) in [6, 6.07) is 0.303. The zero-order valence-electron chi connectivity index (χ0n) is 10.9. The Labute approximate surface area is 104 Å². The molecule has 0 aromatic heterocycles. The van der Waals surface area contributed by atoms with Crippen molar-refractivity contribution in [3.05, 3.63) is 24.3 Å². The number of hydrogen-bond acceptors (Lipinski definition) is 2. The van der Waals surface area contributed by atoms with E-state index in [-0.39, 0.29) is 5.24 Å². The molecule has 2 nitrogen and oxygen atoms in total. The maximum atomic E-state index is 11.4. The SMILES string of the molecule is CC.CC.CCN1C(=O)SC2C=CC=CC21. The average Bonchev–Trinajstić information content (AvgIpc) is 2.69. The van der Waals surface area contributed by atoms with E-state index in [9.17, 15) is 4.79 Å². The van der Waals surface area contributed by atoms with Crippen LogP contribution in [0.5, 0.6) is 0 Å². The molecule has 0 aromatic carbocycles. The lowest BCUT2D eigenvalue weighted by Gasteiger charge is -2.22. The number of carbonyl (C=O) groups excluding carboxylic acids is 1. The second kappa shape index (κ2) is 8.45. The molecule has 2 rings (SSSR count). The summed E-state index contributed by atoms with van der Waals surface area (Å²) in [6.07, 6.45) is 8.23. The minimum atomic E-state index is 0.212. The van der Waals surface area contributed by atoms with Crippen molar-refractivity contribution in [1.82, 2.24) is 4.90 Å². The van der Waals surface area contributed by atoms with Crippen LogP contribution in [0.25, 0.3) is 0 Å². The van der Waals surface area contributed by atoms with Crippen molar-refractivity contribution >= 4 is 17.0 Å². The van der Waals surface area contributed by atoms with E-state index in [0.717, 1.165) is 6.54 Å². The fraction of sp³-hybridized carbons (Fsp3) is 0.615. The molecule has 0 saturated carbocycles. The van der Waals surface area contributed by atoms with Crippen molar-refractivity contribution < 1.29 is 4.79 Å². The number of thioether (sulfide) groups is 1. The first kappa shape index (κ1) is 15.3. The molecule has 0 N–H and O–H groups in total. The van der Waals surface area contributed by atoms with Gasteiger partial charge < -0.3 is 4.90 Å². The quantitative estimate of drug-likeness (QED) is 0.689. The van der Waals surface area contributed by atoms with Gasteiger partial charge in [0.2, 0.25) is 0 Å². The lowest BCUT2D eigenvalue weighted by molar-refractivity contribution is 0.221. The topological polar surface area (TPSA) is 20.3 Å². The molecule has 1 aliphatic carbocycles. The zero-order valence-corrected chi connectivity index (χ0v) is 11.8. The molecule has 1 fully saturated rings. The molecule has 2 unspecified atom stereocenters. The van der Waals surface area contributed by atoms with Crippen LogP contribution in [0.3, 0.4) is 0 Å². The number of likely N-dealkylation sites (N-methyl/N-ethyl adjacent to an activating group) is 1. The van der Waals surface area contributed by atoms with Crippen LogP contribution < -0.4 is 0 Å². The number of rotatable bonds is 1. The number of allylic oxidation sites excluding steroid dienone is 2. The Hall–Kier alpha value is -0.700. The maximum Gasteiger partial charge on any atom is 0.282 e. The third-order valence-electron chi connectivity index (χ3n) is 2.23. The van der Waals surface area contributed by atoms with E-state index in [1.54, 1.807) is 0 Å². The van der Waals surface area contributed by atoms with Crippen molar-refractivity contribution in [2.24, 2.45) is 0 Å². The third kappa shape index (κ3) is 3.41. The summed E-state index contributed by atoms with van der Waals surface area (Å²) >= 11 is 1.43. The van der Waals surface area contributed by atoms with E-state index < -0.39 is 0 Å². The molecule has 3 heteroatoms. The van der Waals surface area contributed by atoms with Gasteiger partial charge >= 0.3 is 0 Å².